The van der Waals surface area contributed by atoms with Gasteiger partial charge in [0.25, 0.3) is 0 Å². The summed E-state index contributed by atoms with van der Waals surface area (Å²) in [4.78, 5) is 24.3. The van der Waals surface area contributed by atoms with Gasteiger partial charge in [-0.05, 0) is 67.3 Å². The molecule has 5 rings (SSSR count). The molecular weight excluding hydrogens is 423 g/mol. The fourth-order valence-corrected chi connectivity index (χ4v) is 4.98. The molecule has 3 aromatic rings. The highest BCUT2D eigenvalue weighted by Gasteiger charge is 2.39. The third-order valence-corrected chi connectivity index (χ3v) is 6.71. The highest BCUT2D eigenvalue weighted by atomic mass is 19.1. The molecule has 2 N–H and O–H groups in total. The van der Waals surface area contributed by atoms with E-state index in [1.54, 1.807) is 10.6 Å². The molecule has 7 heteroatoms. The molecule has 0 spiro atoms. The van der Waals surface area contributed by atoms with Crippen LogP contribution in [0.4, 0.5) is 4.39 Å². The Balaban J connectivity index is 1.33. The number of carbonyl (C=O) groups is 2. The summed E-state index contributed by atoms with van der Waals surface area (Å²) >= 11 is 0. The summed E-state index contributed by atoms with van der Waals surface area (Å²) in [6.07, 6.45) is 4.07. The molecule has 33 heavy (non-hydrogen) atoms. The van der Waals surface area contributed by atoms with E-state index in [0.29, 0.717) is 12.8 Å². The Bertz CT molecular complexity index is 1190. The third kappa shape index (κ3) is 4.64. The van der Waals surface area contributed by atoms with Crippen LogP contribution in [0.5, 0.6) is 0 Å². The molecule has 1 unspecified atom stereocenters. The van der Waals surface area contributed by atoms with E-state index in [-0.39, 0.29) is 42.9 Å². The van der Waals surface area contributed by atoms with Crippen LogP contribution in [0, 0.1) is 11.7 Å². The fraction of sp³-hybridized carbons (Fsp3) is 0.385. The number of ether oxygens (including phenoxy) is 1. The lowest BCUT2D eigenvalue weighted by molar-refractivity contribution is -0.148. The Hall–Kier alpha value is -3.19. The SMILES string of the molecule is O=C(O)Cn1c2c(c3cc(F)ccc31)C[C@@H](NC(C(=O)OCc1ccccc1)C1CC1)CC2. The van der Waals surface area contributed by atoms with Gasteiger partial charge in [-0.15, -0.1) is 0 Å². The number of carbonyl (C=O) groups excluding carboxylic acids is 1. The number of carboxylic acids is 1. The average Bonchev–Trinajstić information content (AvgIpc) is 3.61. The van der Waals surface area contributed by atoms with E-state index in [4.69, 9.17) is 4.74 Å². The standard InChI is InChI=1S/C26H27FN2O4/c27-18-8-10-22-20(12-18)21-13-19(9-11-23(21)29(22)14-24(30)31)28-25(17-6-7-17)26(32)33-15-16-4-2-1-3-5-16/h1-5,8,10,12,17,19,25,28H,6-7,9,11,13-15H2,(H,30,31)/t19-,25?/m0/s1. The molecule has 2 aliphatic rings. The normalized spacial score (nSPS) is 18.6. The van der Waals surface area contributed by atoms with Crippen LogP contribution in [-0.4, -0.2) is 33.7 Å². The van der Waals surface area contributed by atoms with Crippen molar-refractivity contribution in [3.8, 4) is 0 Å². The molecule has 1 fully saturated rings. The number of halogens is 1. The van der Waals surface area contributed by atoms with Gasteiger partial charge in [0.2, 0.25) is 0 Å². The first-order valence-corrected chi connectivity index (χ1v) is 11.5. The summed E-state index contributed by atoms with van der Waals surface area (Å²) < 4.78 is 21.4. The quantitative estimate of drug-likeness (QED) is 0.510. The number of nitrogens with zero attached hydrogens (tertiary/aromatic N) is 1. The third-order valence-electron chi connectivity index (χ3n) is 6.71. The number of fused-ring (bicyclic) bond motifs is 3. The Kier molecular flexibility index (Phi) is 5.89. The van der Waals surface area contributed by atoms with Crippen LogP contribution in [0.3, 0.4) is 0 Å². The van der Waals surface area contributed by atoms with Crippen LogP contribution in [-0.2, 0) is 40.3 Å². The van der Waals surface area contributed by atoms with Gasteiger partial charge >= 0.3 is 11.9 Å². The number of rotatable bonds is 8. The van der Waals surface area contributed by atoms with Gasteiger partial charge in [-0.3, -0.25) is 9.59 Å². The highest BCUT2D eigenvalue weighted by molar-refractivity contribution is 5.87. The molecule has 2 aromatic carbocycles. The summed E-state index contributed by atoms with van der Waals surface area (Å²) in [6.45, 7) is 0.105. The number of hydrogen-bond donors (Lipinski definition) is 2. The van der Waals surface area contributed by atoms with Gasteiger partial charge in [0.1, 0.15) is 25.0 Å². The van der Waals surface area contributed by atoms with E-state index in [0.717, 1.165) is 47.0 Å². The van der Waals surface area contributed by atoms with Crippen molar-refractivity contribution >= 4 is 22.8 Å². The second-order valence-corrected chi connectivity index (χ2v) is 9.08. The number of aliphatic carboxylic acids is 1. The van der Waals surface area contributed by atoms with Gasteiger partial charge in [-0.2, -0.15) is 0 Å². The molecule has 0 bridgehead atoms. The van der Waals surface area contributed by atoms with Crippen LogP contribution in [0.1, 0.15) is 36.1 Å². The first kappa shape index (κ1) is 21.6. The number of carboxylic acid groups (broad SMARTS) is 1. The number of esters is 1. The zero-order valence-corrected chi connectivity index (χ0v) is 18.3. The summed E-state index contributed by atoms with van der Waals surface area (Å²) in [7, 11) is 0. The van der Waals surface area contributed by atoms with Gasteiger partial charge in [0, 0.05) is 22.6 Å². The van der Waals surface area contributed by atoms with Crippen molar-refractivity contribution in [3.05, 3.63) is 71.2 Å². The Morgan fingerprint density at radius 2 is 1.94 bits per heavy atom. The summed E-state index contributed by atoms with van der Waals surface area (Å²) in [5.41, 5.74) is 3.62. The summed E-state index contributed by atoms with van der Waals surface area (Å²) in [5.74, 6) is -1.21. The molecule has 172 valence electrons. The van der Waals surface area contributed by atoms with E-state index < -0.39 is 5.97 Å². The van der Waals surface area contributed by atoms with Crippen LogP contribution >= 0.6 is 0 Å². The second kappa shape index (κ2) is 8.98. The summed E-state index contributed by atoms with van der Waals surface area (Å²) in [5, 5.41) is 13.7. The predicted molar refractivity (Wildman–Crippen MR) is 121 cm³/mol. The second-order valence-electron chi connectivity index (χ2n) is 9.08. The largest absolute Gasteiger partial charge is 0.480 e. The molecule has 1 heterocycles. The molecule has 0 saturated heterocycles. The fourth-order valence-electron chi connectivity index (χ4n) is 4.98. The highest BCUT2D eigenvalue weighted by Crippen LogP contribution is 2.36. The Morgan fingerprint density at radius 3 is 2.67 bits per heavy atom. The Labute approximate surface area is 191 Å². The smallest absolute Gasteiger partial charge is 0.323 e. The van der Waals surface area contributed by atoms with Crippen LogP contribution in [0.25, 0.3) is 10.9 Å². The predicted octanol–water partition coefficient (Wildman–Crippen LogP) is 3.83. The lowest BCUT2D eigenvalue weighted by Crippen LogP contribution is -2.47. The first-order chi connectivity index (χ1) is 16.0. The monoisotopic (exact) mass is 450 g/mol. The molecule has 0 radical (unpaired) electrons. The van der Waals surface area contributed by atoms with Crippen molar-refractivity contribution in [2.75, 3.05) is 0 Å². The number of nitrogens with one attached hydrogen (secondary N) is 1. The van der Waals surface area contributed by atoms with E-state index in [1.165, 1.54) is 12.1 Å². The lowest BCUT2D eigenvalue weighted by atomic mass is 9.90. The van der Waals surface area contributed by atoms with Gasteiger partial charge in [0.15, 0.2) is 0 Å². The van der Waals surface area contributed by atoms with Gasteiger partial charge < -0.3 is 19.7 Å². The first-order valence-electron chi connectivity index (χ1n) is 11.5. The van der Waals surface area contributed by atoms with Crippen LogP contribution in [0.15, 0.2) is 48.5 Å². The van der Waals surface area contributed by atoms with E-state index >= 15 is 0 Å². The molecular formula is C26H27FN2O4. The zero-order valence-electron chi connectivity index (χ0n) is 18.3. The van der Waals surface area contributed by atoms with E-state index in [1.807, 2.05) is 30.3 Å². The maximum atomic E-state index is 14.0. The van der Waals surface area contributed by atoms with Gasteiger partial charge in [-0.1, -0.05) is 30.3 Å². The van der Waals surface area contributed by atoms with Crippen molar-refractivity contribution < 1.29 is 23.8 Å². The van der Waals surface area contributed by atoms with Crippen molar-refractivity contribution in [2.45, 2.75) is 57.3 Å². The minimum absolute atomic E-state index is 0.0412. The van der Waals surface area contributed by atoms with Crippen LogP contribution in [0.2, 0.25) is 0 Å². The molecule has 6 nitrogen and oxygen atoms in total. The molecule has 2 aliphatic carbocycles. The van der Waals surface area contributed by atoms with Crippen LogP contribution < -0.4 is 5.32 Å². The topological polar surface area (TPSA) is 80.6 Å². The van der Waals surface area contributed by atoms with Crippen molar-refractivity contribution in [1.29, 1.82) is 0 Å². The molecule has 1 aromatic heterocycles. The van der Waals surface area contributed by atoms with Gasteiger partial charge in [-0.25, -0.2) is 4.39 Å². The van der Waals surface area contributed by atoms with Crippen molar-refractivity contribution in [1.82, 2.24) is 9.88 Å². The minimum Gasteiger partial charge on any atom is -0.480 e. The van der Waals surface area contributed by atoms with E-state index in [9.17, 15) is 19.1 Å². The lowest BCUT2D eigenvalue weighted by Gasteiger charge is -2.28. The number of hydrogen-bond acceptors (Lipinski definition) is 4. The van der Waals surface area contributed by atoms with Crippen molar-refractivity contribution in [3.63, 3.8) is 0 Å². The molecule has 0 amide bonds. The minimum atomic E-state index is -0.922. The van der Waals surface area contributed by atoms with Gasteiger partial charge in [0.05, 0.1) is 0 Å². The zero-order chi connectivity index (χ0) is 22.9. The Morgan fingerprint density at radius 1 is 1.15 bits per heavy atom. The van der Waals surface area contributed by atoms with E-state index in [2.05, 4.69) is 5.32 Å². The number of aromatic nitrogens is 1. The maximum absolute atomic E-state index is 14.0. The number of benzene rings is 2. The van der Waals surface area contributed by atoms with Crippen molar-refractivity contribution in [2.24, 2.45) is 5.92 Å². The maximum Gasteiger partial charge on any atom is 0.323 e. The average molecular weight is 451 g/mol. The molecule has 0 aliphatic heterocycles. The summed E-state index contributed by atoms with van der Waals surface area (Å²) in [6, 6.07) is 13.8. The molecule has 2 atom stereocenters. The molecule has 1 saturated carbocycles.